The first-order valence-corrected chi connectivity index (χ1v) is 7.68. The van der Waals surface area contributed by atoms with E-state index in [-0.39, 0.29) is 5.69 Å². The van der Waals surface area contributed by atoms with Gasteiger partial charge in [-0.05, 0) is 36.4 Å². The van der Waals surface area contributed by atoms with Gasteiger partial charge in [0.1, 0.15) is 12.4 Å². The van der Waals surface area contributed by atoms with E-state index in [0.717, 1.165) is 39.5 Å². The van der Waals surface area contributed by atoms with E-state index < -0.39 is 41.0 Å². The van der Waals surface area contributed by atoms with E-state index in [4.69, 9.17) is 0 Å². The molecule has 1 amide bonds. The van der Waals surface area contributed by atoms with Crippen molar-refractivity contribution in [2.45, 2.75) is 6.54 Å². The van der Waals surface area contributed by atoms with E-state index in [2.05, 4.69) is 5.32 Å². The molecule has 1 heterocycles. The number of benzene rings is 2. The fraction of sp³-hybridized carbons (Fsp3) is 0.0556. The summed E-state index contributed by atoms with van der Waals surface area (Å²) in [5, 5.41) is 2.46. The van der Waals surface area contributed by atoms with Crippen LogP contribution in [-0.2, 0) is 11.3 Å². The predicted octanol–water partition coefficient (Wildman–Crippen LogP) is 2.06. The molecule has 3 aromatic rings. The van der Waals surface area contributed by atoms with E-state index in [1.54, 1.807) is 0 Å². The lowest BCUT2D eigenvalue weighted by Crippen LogP contribution is -2.41. The number of anilines is 1. The highest BCUT2D eigenvalue weighted by molar-refractivity contribution is 5.90. The standard InChI is InChI=1S/C18H12F3N3O3/c19-11-1-3-12(4-2-11)22-16(25)10-23-7-8-24(18(27)17(23)26)13-5-6-14(20)15(21)9-13/h1-9H,10H2,(H,22,25). The van der Waals surface area contributed by atoms with Crippen molar-refractivity contribution in [3.8, 4) is 5.69 Å². The summed E-state index contributed by atoms with van der Waals surface area (Å²) in [5.74, 6) is -3.32. The lowest BCUT2D eigenvalue weighted by atomic mass is 10.3. The number of carbonyl (C=O) groups is 1. The van der Waals surface area contributed by atoms with Crippen molar-refractivity contribution in [3.63, 3.8) is 0 Å². The van der Waals surface area contributed by atoms with Crippen LogP contribution in [0.1, 0.15) is 0 Å². The molecule has 6 nitrogen and oxygen atoms in total. The van der Waals surface area contributed by atoms with Crippen LogP contribution in [0.4, 0.5) is 18.9 Å². The molecule has 0 aliphatic heterocycles. The topological polar surface area (TPSA) is 73.1 Å². The van der Waals surface area contributed by atoms with Crippen LogP contribution in [-0.4, -0.2) is 15.0 Å². The maximum Gasteiger partial charge on any atom is 0.320 e. The minimum Gasteiger partial charge on any atom is -0.325 e. The average Bonchev–Trinajstić information content (AvgIpc) is 2.64. The molecule has 1 aromatic heterocycles. The second-order valence-electron chi connectivity index (χ2n) is 5.56. The summed E-state index contributed by atoms with van der Waals surface area (Å²) < 4.78 is 40.9. The number of nitrogens with zero attached hydrogens (tertiary/aromatic N) is 2. The minimum atomic E-state index is -1.16. The Morgan fingerprint density at radius 2 is 1.59 bits per heavy atom. The second kappa shape index (κ2) is 7.32. The molecule has 138 valence electrons. The normalized spacial score (nSPS) is 10.6. The Morgan fingerprint density at radius 1 is 0.889 bits per heavy atom. The van der Waals surface area contributed by atoms with Crippen molar-refractivity contribution in [1.82, 2.24) is 9.13 Å². The number of rotatable bonds is 4. The van der Waals surface area contributed by atoms with Crippen molar-refractivity contribution in [3.05, 3.63) is 93.0 Å². The molecule has 0 saturated carbocycles. The van der Waals surface area contributed by atoms with Crippen molar-refractivity contribution >= 4 is 11.6 Å². The molecule has 0 unspecified atom stereocenters. The van der Waals surface area contributed by atoms with Crippen LogP contribution in [0.15, 0.2) is 64.4 Å². The highest BCUT2D eigenvalue weighted by Crippen LogP contribution is 2.11. The van der Waals surface area contributed by atoms with Crippen molar-refractivity contribution in [2.75, 3.05) is 5.32 Å². The van der Waals surface area contributed by atoms with E-state index >= 15 is 0 Å². The molecule has 9 heteroatoms. The number of amides is 1. The van der Waals surface area contributed by atoms with Gasteiger partial charge in [0.2, 0.25) is 5.91 Å². The Hall–Kier alpha value is -3.62. The molecule has 0 fully saturated rings. The van der Waals surface area contributed by atoms with E-state index in [1.807, 2.05) is 0 Å². The summed E-state index contributed by atoms with van der Waals surface area (Å²) in [4.78, 5) is 36.4. The zero-order valence-electron chi connectivity index (χ0n) is 13.7. The van der Waals surface area contributed by atoms with E-state index in [9.17, 15) is 27.6 Å². The third-order valence-corrected chi connectivity index (χ3v) is 3.68. The SMILES string of the molecule is O=C(Cn1ccn(-c2ccc(F)c(F)c2)c(=O)c1=O)Nc1ccc(F)cc1. The number of carbonyl (C=O) groups excluding carboxylic acids is 1. The van der Waals surface area contributed by atoms with E-state index in [1.165, 1.54) is 24.5 Å². The van der Waals surface area contributed by atoms with Gasteiger partial charge in [0.05, 0.1) is 5.69 Å². The van der Waals surface area contributed by atoms with Gasteiger partial charge in [-0.25, -0.2) is 13.2 Å². The molecule has 1 N–H and O–H groups in total. The lowest BCUT2D eigenvalue weighted by molar-refractivity contribution is -0.116. The molecule has 0 aliphatic carbocycles. The molecule has 0 bridgehead atoms. The fourth-order valence-corrected chi connectivity index (χ4v) is 2.36. The molecular formula is C18H12F3N3O3. The van der Waals surface area contributed by atoms with Crippen LogP contribution >= 0.6 is 0 Å². The predicted molar refractivity (Wildman–Crippen MR) is 91.2 cm³/mol. The van der Waals surface area contributed by atoms with Crippen LogP contribution in [0, 0.1) is 17.5 Å². The molecule has 0 saturated heterocycles. The van der Waals surface area contributed by atoms with Crippen molar-refractivity contribution in [2.24, 2.45) is 0 Å². The van der Waals surface area contributed by atoms with Gasteiger partial charge in [-0.3, -0.25) is 23.5 Å². The Balaban J connectivity index is 1.83. The van der Waals surface area contributed by atoms with Gasteiger partial charge in [0.25, 0.3) is 0 Å². The quantitative estimate of drug-likeness (QED) is 0.710. The molecule has 0 radical (unpaired) electrons. The first-order chi connectivity index (χ1) is 12.8. The first-order valence-electron chi connectivity index (χ1n) is 7.68. The number of nitrogens with one attached hydrogen (secondary N) is 1. The summed E-state index contributed by atoms with van der Waals surface area (Å²) in [7, 11) is 0. The van der Waals surface area contributed by atoms with Crippen LogP contribution in [0.3, 0.4) is 0 Å². The van der Waals surface area contributed by atoms with Crippen LogP contribution in [0.5, 0.6) is 0 Å². The monoisotopic (exact) mass is 375 g/mol. The first kappa shape index (κ1) is 18.2. The van der Waals surface area contributed by atoms with Crippen LogP contribution < -0.4 is 16.4 Å². The van der Waals surface area contributed by atoms with Crippen LogP contribution in [0.2, 0.25) is 0 Å². The zero-order chi connectivity index (χ0) is 19.6. The number of halogens is 3. The van der Waals surface area contributed by atoms with E-state index in [0.29, 0.717) is 5.69 Å². The number of hydrogen-bond acceptors (Lipinski definition) is 3. The smallest absolute Gasteiger partial charge is 0.320 e. The lowest BCUT2D eigenvalue weighted by Gasteiger charge is -2.10. The molecular weight excluding hydrogens is 363 g/mol. The summed E-state index contributed by atoms with van der Waals surface area (Å²) in [6.45, 7) is -0.454. The highest BCUT2D eigenvalue weighted by Gasteiger charge is 2.12. The van der Waals surface area contributed by atoms with Crippen LogP contribution in [0.25, 0.3) is 5.69 Å². The minimum absolute atomic E-state index is 0.0288. The Morgan fingerprint density at radius 3 is 2.26 bits per heavy atom. The Bertz CT molecular complexity index is 1120. The molecule has 2 aromatic carbocycles. The molecule has 0 atom stereocenters. The molecule has 0 aliphatic rings. The zero-order valence-corrected chi connectivity index (χ0v) is 13.7. The number of aromatic nitrogens is 2. The van der Waals surface area contributed by atoms with Crippen molar-refractivity contribution < 1.29 is 18.0 Å². The number of hydrogen-bond donors (Lipinski definition) is 1. The van der Waals surface area contributed by atoms with Gasteiger partial charge in [-0.15, -0.1) is 0 Å². The summed E-state index contributed by atoms with van der Waals surface area (Å²) in [5.41, 5.74) is -1.75. The molecule has 0 spiro atoms. The van der Waals surface area contributed by atoms with Gasteiger partial charge < -0.3 is 5.32 Å². The summed E-state index contributed by atoms with van der Waals surface area (Å²) >= 11 is 0. The molecule has 27 heavy (non-hydrogen) atoms. The third-order valence-electron chi connectivity index (χ3n) is 3.68. The maximum absolute atomic E-state index is 13.3. The van der Waals surface area contributed by atoms with Gasteiger partial charge in [-0.2, -0.15) is 0 Å². The third kappa shape index (κ3) is 3.97. The summed E-state index contributed by atoms with van der Waals surface area (Å²) in [6, 6.07) is 7.76. The molecule has 3 rings (SSSR count). The van der Waals surface area contributed by atoms with Gasteiger partial charge in [0.15, 0.2) is 11.6 Å². The second-order valence-corrected chi connectivity index (χ2v) is 5.56. The Labute approximate surface area is 150 Å². The van der Waals surface area contributed by atoms with Gasteiger partial charge in [0, 0.05) is 24.1 Å². The Kier molecular flexibility index (Phi) is 4.93. The maximum atomic E-state index is 13.3. The van der Waals surface area contributed by atoms with Crippen molar-refractivity contribution in [1.29, 1.82) is 0 Å². The van der Waals surface area contributed by atoms with Gasteiger partial charge >= 0.3 is 11.1 Å². The largest absolute Gasteiger partial charge is 0.325 e. The summed E-state index contributed by atoms with van der Waals surface area (Å²) in [6.07, 6.45) is 2.34. The highest BCUT2D eigenvalue weighted by atomic mass is 19.2. The average molecular weight is 375 g/mol. The fourth-order valence-electron chi connectivity index (χ4n) is 2.36. The van der Waals surface area contributed by atoms with Gasteiger partial charge in [-0.1, -0.05) is 0 Å².